The minimum absolute atomic E-state index is 0.0263. The molecule has 0 saturated carbocycles. The Morgan fingerprint density at radius 3 is 2.41 bits per heavy atom. The number of nitrogens with two attached hydrogens (primary N) is 1. The summed E-state index contributed by atoms with van der Waals surface area (Å²) in [6.07, 6.45) is -1.33. The summed E-state index contributed by atoms with van der Waals surface area (Å²) in [5.41, 5.74) is 5.42. The van der Waals surface area contributed by atoms with Crippen LogP contribution in [0.25, 0.3) is 0 Å². The summed E-state index contributed by atoms with van der Waals surface area (Å²) in [7, 11) is -4.04. The molecule has 4 N–H and O–H groups in total. The van der Waals surface area contributed by atoms with Crippen LogP contribution in [-0.4, -0.2) is 32.4 Å². The maximum Gasteiger partial charge on any atom is 0.338 e. The highest BCUT2D eigenvalue weighted by Gasteiger charge is 2.23. The van der Waals surface area contributed by atoms with Crippen molar-refractivity contribution in [3.63, 3.8) is 0 Å². The first kappa shape index (κ1) is 22.3. The molecule has 2 aromatic rings. The molecular weight excluding hydrogens is 422 g/mol. The van der Waals surface area contributed by atoms with Crippen LogP contribution in [0.1, 0.15) is 22.8 Å². The van der Waals surface area contributed by atoms with Gasteiger partial charge < -0.3 is 10.5 Å². The summed E-state index contributed by atoms with van der Waals surface area (Å²) in [4.78, 5) is 34.2. The highest BCUT2D eigenvalue weighted by atomic mass is 35.5. The van der Waals surface area contributed by atoms with E-state index in [1.54, 1.807) is 35.6 Å². The molecule has 154 valence electrons. The van der Waals surface area contributed by atoms with Gasteiger partial charge in [0.15, 0.2) is 6.10 Å². The standard InChI is InChI=1S/C18H18ClN3O6S/c1-11(16(23)22-18(20)25)28-17(24)13-7-8-14(19)15(9-13)29(26,27)21-10-12-5-3-2-4-6-12/h2-9,11,21H,10H2,1H3,(H3,20,22,23,25)/t11-/m1/s1. The molecule has 2 rings (SSSR count). The average molecular weight is 440 g/mol. The van der Waals surface area contributed by atoms with Gasteiger partial charge in [-0.15, -0.1) is 0 Å². The Morgan fingerprint density at radius 2 is 1.79 bits per heavy atom. The lowest BCUT2D eigenvalue weighted by Gasteiger charge is -2.13. The van der Waals surface area contributed by atoms with Gasteiger partial charge in [0.1, 0.15) is 4.90 Å². The third-order valence-corrected chi connectivity index (χ3v) is 5.55. The number of rotatable bonds is 7. The van der Waals surface area contributed by atoms with Crippen molar-refractivity contribution in [3.8, 4) is 0 Å². The number of hydrogen-bond donors (Lipinski definition) is 3. The van der Waals surface area contributed by atoms with Gasteiger partial charge in [-0.1, -0.05) is 41.9 Å². The fourth-order valence-corrected chi connectivity index (χ4v) is 3.73. The number of carbonyl (C=O) groups is 3. The Balaban J connectivity index is 2.16. The van der Waals surface area contributed by atoms with E-state index in [9.17, 15) is 22.8 Å². The van der Waals surface area contributed by atoms with E-state index < -0.39 is 34.0 Å². The molecule has 0 aliphatic heterocycles. The highest BCUT2D eigenvalue weighted by molar-refractivity contribution is 7.89. The van der Waals surface area contributed by atoms with Crippen molar-refractivity contribution in [1.29, 1.82) is 0 Å². The van der Waals surface area contributed by atoms with Gasteiger partial charge in [-0.25, -0.2) is 22.7 Å². The number of carbonyl (C=O) groups excluding carboxylic acids is 3. The maximum atomic E-state index is 12.6. The highest BCUT2D eigenvalue weighted by Crippen LogP contribution is 2.23. The molecule has 0 heterocycles. The predicted molar refractivity (Wildman–Crippen MR) is 105 cm³/mol. The Hall–Kier alpha value is -2.95. The van der Waals surface area contributed by atoms with Crippen LogP contribution >= 0.6 is 11.6 Å². The first-order chi connectivity index (χ1) is 13.6. The Kier molecular flexibility index (Phi) is 7.32. The van der Waals surface area contributed by atoms with Gasteiger partial charge in [-0.2, -0.15) is 0 Å². The zero-order valence-electron chi connectivity index (χ0n) is 15.2. The van der Waals surface area contributed by atoms with Crippen LogP contribution in [0.4, 0.5) is 4.79 Å². The van der Waals surface area contributed by atoms with Gasteiger partial charge >= 0.3 is 12.0 Å². The normalized spacial score (nSPS) is 12.1. The van der Waals surface area contributed by atoms with Crippen LogP contribution in [-0.2, 0) is 26.1 Å². The van der Waals surface area contributed by atoms with Crippen LogP contribution in [0.15, 0.2) is 53.4 Å². The van der Waals surface area contributed by atoms with Gasteiger partial charge in [-0.3, -0.25) is 10.1 Å². The van der Waals surface area contributed by atoms with Crippen LogP contribution in [0.5, 0.6) is 0 Å². The molecule has 3 amide bonds. The third kappa shape index (κ3) is 6.28. The molecule has 0 bridgehead atoms. The molecule has 2 aromatic carbocycles. The molecule has 9 nitrogen and oxygen atoms in total. The number of halogens is 1. The van der Waals surface area contributed by atoms with E-state index in [1.165, 1.54) is 19.1 Å². The van der Waals surface area contributed by atoms with E-state index in [0.717, 1.165) is 11.6 Å². The van der Waals surface area contributed by atoms with Crippen LogP contribution in [0, 0.1) is 0 Å². The van der Waals surface area contributed by atoms with Crippen LogP contribution in [0.3, 0.4) is 0 Å². The summed E-state index contributed by atoms with van der Waals surface area (Å²) in [5, 5.41) is 1.68. The Bertz CT molecular complexity index is 1030. The van der Waals surface area contributed by atoms with Crippen LogP contribution in [0.2, 0.25) is 5.02 Å². The number of imide groups is 1. The van der Waals surface area contributed by atoms with E-state index in [0.29, 0.717) is 0 Å². The molecule has 0 spiro atoms. The molecule has 11 heteroatoms. The average Bonchev–Trinajstić information content (AvgIpc) is 2.66. The fraction of sp³-hybridized carbons (Fsp3) is 0.167. The van der Waals surface area contributed by atoms with Crippen molar-refractivity contribution in [1.82, 2.24) is 10.0 Å². The van der Waals surface area contributed by atoms with E-state index in [-0.39, 0.29) is 22.0 Å². The number of amides is 3. The predicted octanol–water partition coefficient (Wildman–Crippen LogP) is 1.56. The molecular formula is C18H18ClN3O6S. The molecule has 0 aliphatic carbocycles. The Morgan fingerprint density at radius 1 is 1.14 bits per heavy atom. The Labute approximate surface area is 172 Å². The van der Waals surface area contributed by atoms with E-state index in [1.807, 2.05) is 0 Å². The van der Waals surface area contributed by atoms with Gasteiger partial charge in [0.05, 0.1) is 10.6 Å². The maximum absolute atomic E-state index is 12.6. The minimum Gasteiger partial charge on any atom is -0.449 e. The zero-order valence-corrected chi connectivity index (χ0v) is 16.8. The van der Waals surface area contributed by atoms with E-state index >= 15 is 0 Å². The number of sulfonamides is 1. The number of benzene rings is 2. The van der Waals surface area contributed by atoms with Gasteiger partial charge in [0.2, 0.25) is 10.0 Å². The molecule has 29 heavy (non-hydrogen) atoms. The number of primary amides is 1. The summed E-state index contributed by atoms with van der Waals surface area (Å²) < 4.78 is 32.5. The molecule has 0 aromatic heterocycles. The topological polar surface area (TPSA) is 145 Å². The lowest BCUT2D eigenvalue weighted by Crippen LogP contribution is -2.42. The molecule has 0 aliphatic rings. The van der Waals surface area contributed by atoms with E-state index in [4.69, 9.17) is 22.1 Å². The number of esters is 1. The third-order valence-electron chi connectivity index (χ3n) is 3.67. The lowest BCUT2D eigenvalue weighted by atomic mass is 10.2. The first-order valence-electron chi connectivity index (χ1n) is 8.24. The van der Waals surface area contributed by atoms with Gasteiger partial charge in [-0.05, 0) is 30.7 Å². The van der Waals surface area contributed by atoms with Gasteiger partial charge in [0, 0.05) is 6.54 Å². The second-order valence-corrected chi connectivity index (χ2v) is 8.00. The SMILES string of the molecule is C[C@@H](OC(=O)c1ccc(Cl)c(S(=O)(=O)NCc2ccccc2)c1)C(=O)NC(N)=O. The molecule has 1 atom stereocenters. The lowest BCUT2D eigenvalue weighted by molar-refractivity contribution is -0.127. The van der Waals surface area contributed by atoms with Crippen LogP contribution < -0.4 is 15.8 Å². The summed E-state index contributed by atoms with van der Waals surface area (Å²) >= 11 is 5.99. The zero-order chi connectivity index (χ0) is 21.6. The minimum atomic E-state index is -4.04. The molecule has 0 unspecified atom stereocenters. The van der Waals surface area contributed by atoms with Crippen molar-refractivity contribution in [2.45, 2.75) is 24.5 Å². The fourth-order valence-electron chi connectivity index (χ4n) is 2.19. The second-order valence-electron chi connectivity index (χ2n) is 5.86. The van der Waals surface area contributed by atoms with Crippen molar-refractivity contribution in [2.75, 3.05) is 0 Å². The second kappa shape index (κ2) is 9.50. The van der Waals surface area contributed by atoms with E-state index in [2.05, 4.69) is 4.72 Å². The summed E-state index contributed by atoms with van der Waals surface area (Å²) in [6.45, 7) is 1.25. The molecule has 0 fully saturated rings. The van der Waals surface area contributed by atoms with Crippen molar-refractivity contribution in [3.05, 3.63) is 64.7 Å². The molecule has 0 saturated heterocycles. The first-order valence-corrected chi connectivity index (χ1v) is 10.1. The van der Waals surface area contributed by atoms with Crippen molar-refractivity contribution >= 4 is 39.5 Å². The van der Waals surface area contributed by atoms with Gasteiger partial charge in [0.25, 0.3) is 5.91 Å². The monoisotopic (exact) mass is 439 g/mol. The number of nitrogens with one attached hydrogen (secondary N) is 2. The number of ether oxygens (including phenoxy) is 1. The molecule has 0 radical (unpaired) electrons. The summed E-state index contributed by atoms with van der Waals surface area (Å²) in [6, 6.07) is 11.2. The summed E-state index contributed by atoms with van der Waals surface area (Å²) in [5.74, 6) is -1.90. The smallest absolute Gasteiger partial charge is 0.338 e. The number of hydrogen-bond acceptors (Lipinski definition) is 6. The number of urea groups is 1. The van der Waals surface area contributed by atoms with Crippen molar-refractivity contribution < 1.29 is 27.5 Å². The quantitative estimate of drug-likeness (QED) is 0.558. The largest absolute Gasteiger partial charge is 0.449 e. The van der Waals surface area contributed by atoms with Crippen molar-refractivity contribution in [2.24, 2.45) is 5.73 Å².